The number of aromatic amines is 1. The fraction of sp³-hybridized carbons (Fsp3) is 0.476. The summed E-state index contributed by atoms with van der Waals surface area (Å²) in [4.78, 5) is 16.5. The van der Waals surface area contributed by atoms with Gasteiger partial charge in [-0.05, 0) is 38.7 Å². The van der Waals surface area contributed by atoms with Crippen molar-refractivity contribution < 1.29 is 9.84 Å². The summed E-state index contributed by atoms with van der Waals surface area (Å²) in [5.41, 5.74) is 2.94. The Bertz CT molecular complexity index is 975. The number of hydrogen-bond donors (Lipinski definition) is 2. The molecule has 2 N–H and O–H groups in total. The number of rotatable bonds is 4. The molecule has 7 heteroatoms. The van der Waals surface area contributed by atoms with Gasteiger partial charge < -0.3 is 19.4 Å². The van der Waals surface area contributed by atoms with E-state index in [0.717, 1.165) is 23.3 Å². The molecule has 1 aliphatic carbocycles. The Labute approximate surface area is 164 Å². The van der Waals surface area contributed by atoms with Gasteiger partial charge in [0.15, 0.2) is 11.1 Å². The van der Waals surface area contributed by atoms with Gasteiger partial charge in [-0.15, -0.1) is 0 Å². The molecule has 1 aromatic carbocycles. The minimum Gasteiger partial charge on any atom is -0.380 e. The molecule has 1 saturated carbocycles. The van der Waals surface area contributed by atoms with Crippen molar-refractivity contribution in [1.82, 2.24) is 19.5 Å². The van der Waals surface area contributed by atoms with Crippen LogP contribution < -0.4 is 5.49 Å². The molecule has 6 rings (SSSR count). The van der Waals surface area contributed by atoms with Crippen LogP contribution in [0.15, 0.2) is 41.7 Å². The molecule has 2 aromatic heterocycles. The van der Waals surface area contributed by atoms with Crippen LogP contribution in [0.3, 0.4) is 0 Å². The van der Waals surface area contributed by atoms with E-state index in [4.69, 9.17) is 4.74 Å². The molecule has 7 nitrogen and oxygen atoms in total. The van der Waals surface area contributed by atoms with Crippen LogP contribution in [0.4, 0.5) is 0 Å². The van der Waals surface area contributed by atoms with E-state index in [9.17, 15) is 5.11 Å². The average Bonchev–Trinajstić information content (AvgIpc) is 3.45. The fourth-order valence-corrected chi connectivity index (χ4v) is 3.71. The molecule has 2 saturated heterocycles. The topological polar surface area (TPSA) is 88.3 Å². The maximum Gasteiger partial charge on any atom is 0.176 e. The number of aliphatic hydroxyl groups is 1. The number of aryl methyl sites for hydroxylation is 1. The summed E-state index contributed by atoms with van der Waals surface area (Å²) in [5, 5.41) is 10.5. The monoisotopic (exact) mass is 381 g/mol. The first-order valence-electron chi connectivity index (χ1n) is 10.0. The van der Waals surface area contributed by atoms with E-state index in [-0.39, 0.29) is 0 Å². The number of H-pyrrole nitrogens is 1. The first-order chi connectivity index (χ1) is 13.7. The number of imidazole rings is 1. The molecule has 2 bridgehead atoms. The van der Waals surface area contributed by atoms with Gasteiger partial charge in [-0.3, -0.25) is 4.99 Å². The van der Waals surface area contributed by atoms with Crippen LogP contribution in [0.2, 0.25) is 0 Å². The lowest BCUT2D eigenvalue weighted by atomic mass is 10.1. The summed E-state index contributed by atoms with van der Waals surface area (Å²) in [5.74, 6) is 0.504. The highest BCUT2D eigenvalue weighted by molar-refractivity contribution is 5.69. The number of aromatic nitrogens is 4. The second-order valence-electron chi connectivity index (χ2n) is 7.16. The lowest BCUT2D eigenvalue weighted by molar-refractivity contribution is -0.0647. The lowest BCUT2D eigenvalue weighted by Gasteiger charge is -2.23. The summed E-state index contributed by atoms with van der Waals surface area (Å²) in [6.07, 6.45) is 6.35. The molecule has 0 spiro atoms. The van der Waals surface area contributed by atoms with E-state index in [1.807, 2.05) is 48.7 Å². The third-order valence-electron chi connectivity index (χ3n) is 5.26. The molecular formula is C21H27N5O2. The highest BCUT2D eigenvalue weighted by atomic mass is 16.5. The lowest BCUT2D eigenvalue weighted by Crippen LogP contribution is -2.25. The van der Waals surface area contributed by atoms with E-state index >= 15 is 0 Å². The van der Waals surface area contributed by atoms with Crippen molar-refractivity contribution >= 4 is 11.2 Å². The van der Waals surface area contributed by atoms with Crippen molar-refractivity contribution in [2.24, 2.45) is 4.99 Å². The zero-order valence-electron chi connectivity index (χ0n) is 16.4. The second kappa shape index (κ2) is 8.24. The summed E-state index contributed by atoms with van der Waals surface area (Å²) in [6.45, 7) is 5.39. The van der Waals surface area contributed by atoms with Gasteiger partial charge in [0.25, 0.3) is 0 Å². The Hall–Kier alpha value is -2.51. The number of aliphatic hydroxyl groups excluding tert-OH is 1. The zero-order chi connectivity index (χ0) is 19.5. The maximum absolute atomic E-state index is 10.5. The number of benzene rings is 1. The number of nitrogens with zero attached hydrogens (tertiary/aromatic N) is 4. The van der Waals surface area contributed by atoms with E-state index in [1.54, 1.807) is 6.33 Å². The molecule has 3 atom stereocenters. The summed E-state index contributed by atoms with van der Waals surface area (Å²) in [6, 6.07) is 9.46. The molecule has 3 aliphatic rings. The third-order valence-corrected chi connectivity index (χ3v) is 5.26. The molecule has 3 fully saturated rings. The van der Waals surface area contributed by atoms with Gasteiger partial charge in [0, 0.05) is 13.1 Å². The third kappa shape index (κ3) is 3.72. The number of hydrogen-bond acceptors (Lipinski definition) is 5. The highest BCUT2D eigenvalue weighted by Gasteiger charge is 2.36. The molecule has 4 heterocycles. The van der Waals surface area contributed by atoms with Gasteiger partial charge in [-0.1, -0.05) is 30.3 Å². The Morgan fingerprint density at radius 2 is 1.96 bits per heavy atom. The van der Waals surface area contributed by atoms with E-state index in [1.165, 1.54) is 19.3 Å². The Kier molecular flexibility index (Phi) is 5.54. The number of nitrogens with one attached hydrogen (secondary N) is 1. The Morgan fingerprint density at radius 3 is 2.54 bits per heavy atom. The molecular weight excluding hydrogens is 354 g/mol. The SMILES string of the molecule is C1CC2CC1O2.CCN=c1ncn(CC)c2nc(C(O)c3ccccc3)[nH]c12. The van der Waals surface area contributed by atoms with Crippen LogP contribution in [-0.4, -0.2) is 43.4 Å². The highest BCUT2D eigenvalue weighted by Crippen LogP contribution is 2.36. The van der Waals surface area contributed by atoms with E-state index < -0.39 is 6.10 Å². The van der Waals surface area contributed by atoms with E-state index in [0.29, 0.717) is 30.1 Å². The zero-order valence-corrected chi connectivity index (χ0v) is 16.4. The first kappa shape index (κ1) is 18.8. The van der Waals surface area contributed by atoms with Crippen LogP contribution in [-0.2, 0) is 11.3 Å². The summed E-state index contributed by atoms with van der Waals surface area (Å²) in [7, 11) is 0. The Balaban J connectivity index is 0.000000268. The van der Waals surface area contributed by atoms with Crippen LogP contribution in [0, 0.1) is 0 Å². The molecule has 3 aromatic rings. The minimum atomic E-state index is -0.798. The normalized spacial score (nSPS) is 21.9. The van der Waals surface area contributed by atoms with Crippen molar-refractivity contribution in [3.63, 3.8) is 0 Å². The van der Waals surface area contributed by atoms with Gasteiger partial charge in [0.05, 0.1) is 18.5 Å². The molecule has 0 radical (unpaired) electrons. The molecule has 148 valence electrons. The van der Waals surface area contributed by atoms with Gasteiger partial charge in [0.2, 0.25) is 0 Å². The average molecular weight is 381 g/mol. The first-order valence-corrected chi connectivity index (χ1v) is 10.0. The van der Waals surface area contributed by atoms with Gasteiger partial charge in [-0.2, -0.15) is 0 Å². The Morgan fingerprint density at radius 1 is 1.25 bits per heavy atom. The minimum absolute atomic E-state index is 0.504. The van der Waals surface area contributed by atoms with Crippen LogP contribution in [0.25, 0.3) is 11.2 Å². The van der Waals surface area contributed by atoms with Crippen molar-refractivity contribution in [3.05, 3.63) is 53.5 Å². The van der Waals surface area contributed by atoms with Crippen molar-refractivity contribution in [2.45, 2.75) is 58.0 Å². The van der Waals surface area contributed by atoms with Gasteiger partial charge in [-0.25, -0.2) is 9.97 Å². The number of fused-ring (bicyclic) bond motifs is 2. The molecule has 2 aliphatic heterocycles. The molecule has 28 heavy (non-hydrogen) atoms. The van der Waals surface area contributed by atoms with Crippen molar-refractivity contribution in [3.8, 4) is 0 Å². The van der Waals surface area contributed by atoms with Gasteiger partial charge >= 0.3 is 0 Å². The molecule has 0 amide bonds. The standard InChI is InChI=1S/C16H19N5O.C5H8O/c1-3-17-14-12-16(21(4-2)10-18-14)20-15(19-12)13(22)11-8-6-5-7-9-11;1-2-5-3-4(1)6-5/h5-10,13,22H,3-4H2,1-2H3,(H,19,20);4-5H,1-3H2. The maximum atomic E-state index is 10.5. The summed E-state index contributed by atoms with van der Waals surface area (Å²) < 4.78 is 7.18. The predicted octanol–water partition coefficient (Wildman–Crippen LogP) is 2.72. The van der Waals surface area contributed by atoms with Crippen molar-refractivity contribution in [1.29, 1.82) is 0 Å². The largest absolute Gasteiger partial charge is 0.380 e. The molecule has 3 unspecified atom stereocenters. The fourth-order valence-electron chi connectivity index (χ4n) is 3.71. The van der Waals surface area contributed by atoms with Crippen molar-refractivity contribution in [2.75, 3.05) is 6.54 Å². The second-order valence-corrected chi connectivity index (χ2v) is 7.16. The van der Waals surface area contributed by atoms with Gasteiger partial charge in [0.1, 0.15) is 17.4 Å². The van der Waals surface area contributed by atoms with Crippen LogP contribution >= 0.6 is 0 Å². The smallest absolute Gasteiger partial charge is 0.176 e. The predicted molar refractivity (Wildman–Crippen MR) is 107 cm³/mol. The van der Waals surface area contributed by atoms with E-state index in [2.05, 4.69) is 19.9 Å². The quantitative estimate of drug-likeness (QED) is 0.727. The van der Waals surface area contributed by atoms with Crippen LogP contribution in [0.1, 0.15) is 50.6 Å². The number of ether oxygens (including phenoxy) is 1. The van der Waals surface area contributed by atoms with Crippen LogP contribution in [0.5, 0.6) is 0 Å². The summed E-state index contributed by atoms with van der Waals surface area (Å²) >= 11 is 0.